The maximum absolute atomic E-state index is 13.0. The molecule has 1 aromatic heterocycles. The van der Waals surface area contributed by atoms with Gasteiger partial charge in [-0.3, -0.25) is 14.4 Å². The second-order valence-corrected chi connectivity index (χ2v) is 8.58. The second-order valence-electron chi connectivity index (χ2n) is 8.58. The number of nitrogens with zero attached hydrogens (tertiary/aromatic N) is 1. The monoisotopic (exact) mass is 486 g/mol. The van der Waals surface area contributed by atoms with Gasteiger partial charge in [0.05, 0.1) is 12.4 Å². The van der Waals surface area contributed by atoms with Gasteiger partial charge in [-0.2, -0.15) is 0 Å². The van der Waals surface area contributed by atoms with Crippen LogP contribution in [0.3, 0.4) is 0 Å². The van der Waals surface area contributed by atoms with Gasteiger partial charge in [-0.05, 0) is 18.4 Å². The Balaban J connectivity index is 1.98. The average molecular weight is 487 g/mol. The number of benzene rings is 1. The van der Waals surface area contributed by atoms with Crippen LogP contribution < -0.4 is 21.7 Å². The third-order valence-electron chi connectivity index (χ3n) is 5.77. The summed E-state index contributed by atoms with van der Waals surface area (Å²) in [5.41, 5.74) is 7.42. The Morgan fingerprint density at radius 2 is 1.69 bits per heavy atom. The Morgan fingerprint density at radius 1 is 1.00 bits per heavy atom. The molecule has 0 aliphatic carbocycles. The fourth-order valence-corrected chi connectivity index (χ4v) is 3.40. The van der Waals surface area contributed by atoms with Crippen molar-refractivity contribution in [2.75, 3.05) is 0 Å². The molecule has 0 aliphatic heterocycles. The van der Waals surface area contributed by atoms with E-state index in [1.54, 1.807) is 37.4 Å². The quantitative estimate of drug-likeness (QED) is 0.233. The van der Waals surface area contributed by atoms with Gasteiger partial charge < -0.3 is 31.8 Å². The van der Waals surface area contributed by atoms with Crippen LogP contribution in [0.1, 0.15) is 38.4 Å². The molecule has 11 nitrogen and oxygen atoms in total. The Morgan fingerprint density at radius 3 is 2.26 bits per heavy atom. The first-order valence-corrected chi connectivity index (χ1v) is 11.5. The minimum absolute atomic E-state index is 0.0996. The van der Waals surface area contributed by atoms with Crippen LogP contribution in [0.4, 0.5) is 0 Å². The summed E-state index contributed by atoms with van der Waals surface area (Å²) in [7, 11) is 0. The van der Waals surface area contributed by atoms with Gasteiger partial charge in [0, 0.05) is 24.7 Å². The predicted octanol–water partition coefficient (Wildman–Crippen LogP) is 0.127. The number of aromatic nitrogens is 2. The minimum Gasteiger partial charge on any atom is -0.480 e. The van der Waals surface area contributed by atoms with Crippen molar-refractivity contribution in [3.63, 3.8) is 0 Å². The predicted molar refractivity (Wildman–Crippen MR) is 129 cm³/mol. The number of carboxylic acid groups (broad SMARTS) is 1. The number of aliphatic carboxylic acids is 1. The summed E-state index contributed by atoms with van der Waals surface area (Å²) in [5, 5.41) is 17.2. The third-order valence-corrected chi connectivity index (χ3v) is 5.77. The van der Waals surface area contributed by atoms with Crippen LogP contribution in [0.15, 0.2) is 42.9 Å². The maximum atomic E-state index is 13.0. The third kappa shape index (κ3) is 8.53. The molecule has 0 saturated carbocycles. The number of nitrogens with two attached hydrogens (primary N) is 1. The van der Waals surface area contributed by atoms with Crippen molar-refractivity contribution in [3.8, 4) is 0 Å². The van der Waals surface area contributed by atoms with Crippen molar-refractivity contribution in [2.45, 2.75) is 64.2 Å². The van der Waals surface area contributed by atoms with E-state index in [-0.39, 0.29) is 18.8 Å². The van der Waals surface area contributed by atoms with E-state index >= 15 is 0 Å². The molecule has 0 fully saturated rings. The Bertz CT molecular complexity index is 982. The van der Waals surface area contributed by atoms with E-state index in [4.69, 9.17) is 5.73 Å². The number of carbonyl (C=O) groups excluding carboxylic acids is 3. The molecule has 35 heavy (non-hydrogen) atoms. The second kappa shape index (κ2) is 13.2. The van der Waals surface area contributed by atoms with Crippen molar-refractivity contribution in [3.05, 3.63) is 54.1 Å². The Labute approximate surface area is 204 Å². The van der Waals surface area contributed by atoms with Crippen LogP contribution in [0.2, 0.25) is 0 Å². The molecule has 5 atom stereocenters. The normalized spacial score (nSPS) is 15.2. The highest BCUT2D eigenvalue weighted by Crippen LogP contribution is 2.10. The van der Waals surface area contributed by atoms with E-state index in [2.05, 4.69) is 25.9 Å². The lowest BCUT2D eigenvalue weighted by Gasteiger charge is -2.27. The van der Waals surface area contributed by atoms with E-state index in [1.165, 1.54) is 13.3 Å². The summed E-state index contributed by atoms with van der Waals surface area (Å²) >= 11 is 0. The van der Waals surface area contributed by atoms with Gasteiger partial charge in [-0.1, -0.05) is 50.6 Å². The molecular formula is C24H34N6O5. The van der Waals surface area contributed by atoms with Gasteiger partial charge in [-0.25, -0.2) is 9.78 Å². The van der Waals surface area contributed by atoms with E-state index in [1.807, 2.05) is 13.0 Å². The number of nitrogens with one attached hydrogen (secondary N) is 4. The number of carbonyl (C=O) groups is 4. The molecule has 0 bridgehead atoms. The highest BCUT2D eigenvalue weighted by atomic mass is 16.4. The molecule has 2 rings (SSSR count). The van der Waals surface area contributed by atoms with Crippen molar-refractivity contribution in [1.29, 1.82) is 0 Å². The molecule has 11 heteroatoms. The van der Waals surface area contributed by atoms with E-state index in [0.29, 0.717) is 12.1 Å². The summed E-state index contributed by atoms with van der Waals surface area (Å²) in [5.74, 6) is -3.13. The minimum atomic E-state index is -1.18. The Kier molecular flexibility index (Phi) is 10.4. The summed E-state index contributed by atoms with van der Waals surface area (Å²) in [4.78, 5) is 56.6. The summed E-state index contributed by atoms with van der Waals surface area (Å²) in [6.45, 7) is 5.13. The smallest absolute Gasteiger partial charge is 0.326 e. The summed E-state index contributed by atoms with van der Waals surface area (Å²) in [6, 6.07) is 4.91. The number of imidazole rings is 1. The lowest BCUT2D eigenvalue weighted by molar-refractivity contribution is -0.142. The molecule has 0 spiro atoms. The van der Waals surface area contributed by atoms with Crippen molar-refractivity contribution >= 4 is 23.7 Å². The molecule has 1 heterocycles. The largest absolute Gasteiger partial charge is 0.480 e. The lowest BCUT2D eigenvalue weighted by atomic mass is 9.97. The number of carboxylic acids is 1. The zero-order valence-corrected chi connectivity index (χ0v) is 20.2. The number of rotatable bonds is 13. The molecule has 0 radical (unpaired) electrons. The molecule has 0 saturated heterocycles. The fourth-order valence-electron chi connectivity index (χ4n) is 3.40. The van der Waals surface area contributed by atoms with Gasteiger partial charge >= 0.3 is 5.97 Å². The molecule has 0 aliphatic rings. The number of hydrogen-bond acceptors (Lipinski definition) is 6. The first kappa shape index (κ1) is 27.5. The first-order chi connectivity index (χ1) is 16.6. The first-order valence-electron chi connectivity index (χ1n) is 11.5. The summed E-state index contributed by atoms with van der Waals surface area (Å²) < 4.78 is 0. The number of hydrogen-bond donors (Lipinski definition) is 6. The zero-order valence-electron chi connectivity index (χ0n) is 20.2. The molecule has 5 unspecified atom stereocenters. The van der Waals surface area contributed by atoms with E-state index in [9.17, 15) is 24.3 Å². The average Bonchev–Trinajstić information content (AvgIpc) is 3.34. The van der Waals surface area contributed by atoms with Crippen molar-refractivity contribution < 1.29 is 24.3 Å². The molecule has 190 valence electrons. The summed E-state index contributed by atoms with van der Waals surface area (Å²) in [6.07, 6.45) is 3.96. The van der Waals surface area contributed by atoms with E-state index < -0.39 is 47.9 Å². The lowest BCUT2D eigenvalue weighted by Crippen LogP contribution is -2.58. The van der Waals surface area contributed by atoms with Gasteiger partial charge in [0.25, 0.3) is 0 Å². The molecule has 7 N–H and O–H groups in total. The van der Waals surface area contributed by atoms with E-state index in [0.717, 1.165) is 5.56 Å². The highest BCUT2D eigenvalue weighted by molar-refractivity contribution is 5.94. The molecule has 1 aromatic carbocycles. The van der Waals surface area contributed by atoms with Gasteiger partial charge in [0.1, 0.15) is 18.1 Å². The Hall–Kier alpha value is -3.73. The van der Waals surface area contributed by atoms with Crippen LogP contribution in [-0.2, 0) is 32.0 Å². The van der Waals surface area contributed by atoms with Crippen LogP contribution in [0.5, 0.6) is 0 Å². The maximum Gasteiger partial charge on any atom is 0.326 e. The van der Waals surface area contributed by atoms with Gasteiger partial charge in [-0.15, -0.1) is 0 Å². The molecule has 3 amide bonds. The van der Waals surface area contributed by atoms with Crippen molar-refractivity contribution in [1.82, 2.24) is 25.9 Å². The number of H-pyrrole nitrogens is 1. The van der Waals surface area contributed by atoms with Gasteiger partial charge in [0.15, 0.2) is 0 Å². The number of amides is 3. The van der Waals surface area contributed by atoms with Crippen LogP contribution in [0, 0.1) is 5.92 Å². The highest BCUT2D eigenvalue weighted by Gasteiger charge is 2.31. The topological polar surface area (TPSA) is 179 Å². The molecule has 2 aromatic rings. The number of aromatic amines is 1. The fraction of sp³-hybridized carbons (Fsp3) is 0.458. The standard InChI is InChI=1S/C24H34N6O5/c1-4-14(2)20(30-22(32)18(25)11-17-12-26-13-27-17)23(33)28-15(3)21(31)29-19(24(34)35)10-16-8-6-5-7-9-16/h5-9,12-15,18-20H,4,10-11,25H2,1-3H3,(H,26,27)(H,28,33)(H,29,31)(H,30,32)(H,34,35). The SMILES string of the molecule is CCC(C)C(NC(=O)C(N)Cc1cnc[nH]1)C(=O)NC(C)C(=O)NC(Cc1ccccc1)C(=O)O. The van der Waals surface area contributed by atoms with Crippen LogP contribution in [0.25, 0.3) is 0 Å². The van der Waals surface area contributed by atoms with Crippen LogP contribution >= 0.6 is 0 Å². The zero-order chi connectivity index (χ0) is 26.0. The van der Waals surface area contributed by atoms with Crippen molar-refractivity contribution in [2.24, 2.45) is 11.7 Å². The molecular weight excluding hydrogens is 452 g/mol. The van der Waals surface area contributed by atoms with Crippen LogP contribution in [-0.4, -0.2) is 62.9 Å². The van der Waals surface area contributed by atoms with Gasteiger partial charge in [0.2, 0.25) is 17.7 Å².